The summed E-state index contributed by atoms with van der Waals surface area (Å²) in [4.78, 5) is 11.7. The molecule has 27 heavy (non-hydrogen) atoms. The van der Waals surface area contributed by atoms with Crippen molar-refractivity contribution in [3.8, 4) is 17.2 Å². The third kappa shape index (κ3) is 3.09. The van der Waals surface area contributed by atoms with E-state index in [2.05, 4.69) is 28.9 Å². The summed E-state index contributed by atoms with van der Waals surface area (Å²) < 4.78 is 16.2. The Hall–Kier alpha value is -2.77. The molecule has 1 saturated heterocycles. The van der Waals surface area contributed by atoms with Gasteiger partial charge in [-0.15, -0.1) is 11.3 Å². The second-order valence-corrected chi connectivity index (χ2v) is 7.39. The molecule has 5 rings (SSSR count). The zero-order valence-corrected chi connectivity index (χ0v) is 15.7. The van der Waals surface area contributed by atoms with Crippen LogP contribution in [0.4, 0.5) is 5.82 Å². The first-order valence-electron chi connectivity index (χ1n) is 9.41. The zero-order chi connectivity index (χ0) is 19.1. The Morgan fingerprint density at radius 1 is 1.15 bits per heavy atom. The van der Waals surface area contributed by atoms with Gasteiger partial charge in [0.15, 0.2) is 5.82 Å². The Morgan fingerprint density at radius 2 is 2.04 bits per heavy atom. The van der Waals surface area contributed by atoms with Crippen LogP contribution in [0.3, 0.4) is 0 Å². The molecule has 0 amide bonds. The molecule has 0 bridgehead atoms. The zero-order valence-electron chi connectivity index (χ0n) is 15.9. The van der Waals surface area contributed by atoms with Gasteiger partial charge in [0, 0.05) is 24.8 Å². The molecular weight excluding hydrogens is 358 g/mol. The van der Waals surface area contributed by atoms with Crippen LogP contribution in [0.25, 0.3) is 27.4 Å². The van der Waals surface area contributed by atoms with Crippen LogP contribution >= 0.6 is 11.3 Å². The van der Waals surface area contributed by atoms with E-state index in [1.54, 1.807) is 10.7 Å². The van der Waals surface area contributed by atoms with Crippen molar-refractivity contribution >= 4 is 27.4 Å². The molecule has 0 spiro atoms. The minimum Gasteiger partial charge on any atom is -0.378 e. The number of morpholine rings is 1. The van der Waals surface area contributed by atoms with Gasteiger partial charge in [-0.1, -0.05) is 23.8 Å². The number of rotatable bonds is 3. The highest BCUT2D eigenvalue weighted by Crippen LogP contribution is 2.30. The predicted molar refractivity (Wildman–Crippen MR) is 108 cm³/mol. The van der Waals surface area contributed by atoms with Crippen LogP contribution in [0.5, 0.6) is 0 Å². The molecule has 1 fully saturated rings. The molecule has 0 saturated carbocycles. The number of nitrogens with zero attached hydrogens (tertiary/aromatic N) is 5. The summed E-state index contributed by atoms with van der Waals surface area (Å²) in [6.07, 6.45) is 1.88. The molecule has 1 aliphatic rings. The molecular formula is C20H19N5OS. The molecule has 3 aromatic heterocycles. The summed E-state index contributed by atoms with van der Waals surface area (Å²) in [6.45, 7) is 4.99. The van der Waals surface area contributed by atoms with Crippen LogP contribution in [-0.4, -0.2) is 46.1 Å². The van der Waals surface area contributed by atoms with Crippen molar-refractivity contribution in [3.63, 3.8) is 0 Å². The number of hydrogen-bond donors (Lipinski definition) is 0. The van der Waals surface area contributed by atoms with Gasteiger partial charge in [-0.3, -0.25) is 0 Å². The van der Waals surface area contributed by atoms with Gasteiger partial charge in [0.2, 0.25) is 0 Å². The summed E-state index contributed by atoms with van der Waals surface area (Å²) in [6, 6.07) is 12.0. The highest BCUT2D eigenvalue weighted by atomic mass is 32.1. The molecule has 4 aromatic rings. The maximum atomic E-state index is 8.03. The van der Waals surface area contributed by atoms with Crippen LogP contribution in [0.2, 0.25) is 0 Å². The van der Waals surface area contributed by atoms with Crippen molar-refractivity contribution in [2.75, 3.05) is 31.2 Å². The van der Waals surface area contributed by atoms with Crippen molar-refractivity contribution in [2.24, 2.45) is 0 Å². The number of fused-ring (bicyclic) bond motifs is 1. The van der Waals surface area contributed by atoms with E-state index in [0.29, 0.717) is 24.5 Å². The maximum Gasteiger partial charge on any atom is 0.253 e. The standard InChI is InChI=1S/C20H19N5OS/c1-14-3-2-4-15(13-14)16-5-7-25(23-16)20-21-17-6-12-27-18(17)19(22-20)24-8-10-26-11-9-24/h2-7,12-13H,8-11H2,1H3/i12D. The fourth-order valence-electron chi connectivity index (χ4n) is 3.27. The maximum absolute atomic E-state index is 8.03. The molecule has 0 unspecified atom stereocenters. The smallest absolute Gasteiger partial charge is 0.253 e. The monoisotopic (exact) mass is 378 g/mol. The highest BCUT2D eigenvalue weighted by Gasteiger charge is 2.19. The minimum absolute atomic E-state index is 0.483. The molecule has 4 heterocycles. The molecule has 1 aliphatic heterocycles. The Bertz CT molecular complexity index is 1150. The topological polar surface area (TPSA) is 56.1 Å². The van der Waals surface area contributed by atoms with Crippen molar-refractivity contribution < 1.29 is 6.11 Å². The van der Waals surface area contributed by atoms with Gasteiger partial charge in [-0.25, -0.2) is 9.67 Å². The number of hydrogen-bond acceptors (Lipinski definition) is 6. The summed E-state index contributed by atoms with van der Waals surface area (Å²) in [7, 11) is 0. The molecule has 0 aliphatic carbocycles. The predicted octanol–water partition coefficient (Wildman–Crippen LogP) is 3.69. The van der Waals surface area contributed by atoms with Crippen molar-refractivity contribution in [3.05, 3.63) is 53.5 Å². The van der Waals surface area contributed by atoms with E-state index in [1.807, 2.05) is 24.4 Å². The van der Waals surface area contributed by atoms with E-state index in [-0.39, 0.29) is 0 Å². The lowest BCUT2D eigenvalue weighted by Gasteiger charge is -2.28. The first-order valence-corrected chi connectivity index (χ1v) is 9.73. The van der Waals surface area contributed by atoms with Crippen LogP contribution < -0.4 is 4.90 Å². The van der Waals surface area contributed by atoms with Gasteiger partial charge in [0.05, 0.1) is 30.5 Å². The van der Waals surface area contributed by atoms with E-state index < -0.39 is 0 Å². The van der Waals surface area contributed by atoms with Gasteiger partial charge in [-0.2, -0.15) is 10.1 Å². The first kappa shape index (κ1) is 15.3. The van der Waals surface area contributed by atoms with Crippen LogP contribution in [0, 0.1) is 6.92 Å². The number of benzene rings is 1. The molecule has 6 nitrogen and oxygen atoms in total. The fourth-order valence-corrected chi connectivity index (χ4v) is 4.03. The lowest BCUT2D eigenvalue weighted by Crippen LogP contribution is -2.37. The summed E-state index contributed by atoms with van der Waals surface area (Å²) in [5.74, 6) is 1.38. The van der Waals surface area contributed by atoms with Crippen LogP contribution in [0.15, 0.2) is 48.0 Å². The van der Waals surface area contributed by atoms with Crippen molar-refractivity contribution in [2.45, 2.75) is 6.92 Å². The summed E-state index contributed by atoms with van der Waals surface area (Å²) in [5.41, 5.74) is 3.93. The Balaban J connectivity index is 1.59. The lowest BCUT2D eigenvalue weighted by molar-refractivity contribution is 0.122. The minimum atomic E-state index is 0.483. The Labute approximate surface area is 162 Å². The van der Waals surface area contributed by atoms with E-state index >= 15 is 0 Å². The summed E-state index contributed by atoms with van der Waals surface area (Å²) >= 11 is 1.41. The largest absolute Gasteiger partial charge is 0.378 e. The SMILES string of the molecule is [2H]c1cc2nc(-n3ccc(-c4cccc(C)c4)n3)nc(N3CCOCC3)c2s1. The molecule has 0 N–H and O–H groups in total. The van der Waals surface area contributed by atoms with E-state index in [4.69, 9.17) is 16.2 Å². The number of aromatic nitrogens is 4. The van der Waals surface area contributed by atoms with E-state index in [0.717, 1.165) is 40.4 Å². The van der Waals surface area contributed by atoms with Crippen LogP contribution in [0.1, 0.15) is 6.93 Å². The molecule has 136 valence electrons. The third-order valence-corrected chi connectivity index (χ3v) is 5.47. The number of aryl methyl sites for hydroxylation is 1. The van der Waals surface area contributed by atoms with Crippen molar-refractivity contribution in [1.29, 1.82) is 0 Å². The molecule has 1 aromatic carbocycles. The Morgan fingerprint density at radius 3 is 2.89 bits per heavy atom. The molecule has 0 radical (unpaired) electrons. The highest BCUT2D eigenvalue weighted by molar-refractivity contribution is 7.17. The number of ether oxygens (including phenoxy) is 1. The first-order chi connectivity index (χ1) is 13.7. The normalized spacial score (nSPS) is 15.3. The number of anilines is 1. The van der Waals surface area contributed by atoms with Crippen molar-refractivity contribution in [1.82, 2.24) is 19.7 Å². The fraction of sp³-hybridized carbons (Fsp3) is 0.250. The third-order valence-electron chi connectivity index (χ3n) is 4.64. The van der Waals surface area contributed by atoms with Gasteiger partial charge < -0.3 is 9.64 Å². The van der Waals surface area contributed by atoms with Crippen LogP contribution in [-0.2, 0) is 4.74 Å². The average Bonchev–Trinajstić information content (AvgIpc) is 3.34. The second kappa shape index (κ2) is 6.75. The quantitative estimate of drug-likeness (QED) is 0.544. The Kier molecular flexibility index (Phi) is 3.83. The molecule has 7 heteroatoms. The van der Waals surface area contributed by atoms with Gasteiger partial charge in [0.1, 0.15) is 0 Å². The second-order valence-electron chi connectivity index (χ2n) is 6.54. The van der Waals surface area contributed by atoms with E-state index in [1.165, 1.54) is 16.9 Å². The number of thiophene rings is 1. The lowest BCUT2D eigenvalue weighted by atomic mass is 10.1. The van der Waals surface area contributed by atoms with Gasteiger partial charge in [0.25, 0.3) is 5.95 Å². The van der Waals surface area contributed by atoms with Gasteiger partial charge >= 0.3 is 0 Å². The average molecular weight is 378 g/mol. The molecule has 0 atom stereocenters. The van der Waals surface area contributed by atoms with E-state index in [9.17, 15) is 0 Å². The summed E-state index contributed by atoms with van der Waals surface area (Å²) in [5, 5.41) is 5.18. The van der Waals surface area contributed by atoms with Gasteiger partial charge in [-0.05, 0) is 30.5 Å².